The number of rotatable bonds is 3. The highest BCUT2D eigenvalue weighted by atomic mass is 79.9. The smallest absolute Gasteiger partial charge is 0.227 e. The van der Waals surface area contributed by atoms with Crippen molar-refractivity contribution in [3.63, 3.8) is 0 Å². The maximum Gasteiger partial charge on any atom is 0.227 e. The molecule has 1 heterocycles. The van der Waals surface area contributed by atoms with Gasteiger partial charge in [-0.15, -0.1) is 0 Å². The molecule has 0 aromatic heterocycles. The highest BCUT2D eigenvalue weighted by molar-refractivity contribution is 9.09. The van der Waals surface area contributed by atoms with Gasteiger partial charge in [0.25, 0.3) is 0 Å². The lowest BCUT2D eigenvalue weighted by Crippen LogP contribution is -2.46. The monoisotopic (exact) mass is 365 g/mol. The van der Waals surface area contributed by atoms with Crippen LogP contribution in [0.1, 0.15) is 5.56 Å². The topological polar surface area (TPSA) is 29.5 Å². The molecule has 1 amide bonds. The molecular weight excluding hydrogens is 353 g/mol. The van der Waals surface area contributed by atoms with Crippen molar-refractivity contribution in [1.29, 1.82) is 0 Å². The second-order valence-corrected chi connectivity index (χ2v) is 5.87. The van der Waals surface area contributed by atoms with Crippen LogP contribution in [0.4, 0.5) is 0 Å². The van der Waals surface area contributed by atoms with Crippen LogP contribution in [0.25, 0.3) is 0 Å². The first-order valence-electron chi connectivity index (χ1n) is 5.99. The van der Waals surface area contributed by atoms with Gasteiger partial charge in [0, 0.05) is 18.4 Å². The average molecular weight is 367 g/mol. The van der Waals surface area contributed by atoms with Gasteiger partial charge in [0.1, 0.15) is 0 Å². The van der Waals surface area contributed by atoms with E-state index in [-0.39, 0.29) is 12.0 Å². The number of carbonyl (C=O) groups is 1. The first-order valence-corrected chi connectivity index (χ1v) is 7.87. The third-order valence-corrected chi connectivity index (χ3v) is 4.46. The van der Waals surface area contributed by atoms with E-state index in [2.05, 4.69) is 15.9 Å². The molecule has 3 nitrogen and oxygen atoms in total. The summed E-state index contributed by atoms with van der Waals surface area (Å²) in [6.45, 7) is 1.86. The number of benzene rings is 1. The molecule has 0 radical (unpaired) electrons. The Bertz CT molecular complexity index is 470. The Labute approximate surface area is 130 Å². The number of ether oxygens (including phenoxy) is 1. The summed E-state index contributed by atoms with van der Waals surface area (Å²) in [7, 11) is 0. The fraction of sp³-hybridized carbons (Fsp3) is 0.462. The molecule has 104 valence electrons. The molecule has 1 aromatic carbocycles. The van der Waals surface area contributed by atoms with E-state index in [9.17, 15) is 4.79 Å². The van der Waals surface area contributed by atoms with E-state index in [0.717, 1.165) is 10.9 Å². The van der Waals surface area contributed by atoms with Crippen molar-refractivity contribution >= 4 is 45.0 Å². The quantitative estimate of drug-likeness (QED) is 0.769. The number of morpholine rings is 1. The van der Waals surface area contributed by atoms with Gasteiger partial charge in [-0.05, 0) is 17.7 Å². The zero-order chi connectivity index (χ0) is 13.8. The van der Waals surface area contributed by atoms with E-state index in [0.29, 0.717) is 36.2 Å². The molecule has 1 unspecified atom stereocenters. The maximum atomic E-state index is 12.2. The highest BCUT2D eigenvalue weighted by Gasteiger charge is 2.23. The van der Waals surface area contributed by atoms with Crippen molar-refractivity contribution in [2.75, 3.05) is 25.0 Å². The van der Waals surface area contributed by atoms with Crippen LogP contribution in [0, 0.1) is 0 Å². The minimum absolute atomic E-state index is 0.0755. The fourth-order valence-corrected chi connectivity index (χ4v) is 2.69. The van der Waals surface area contributed by atoms with Crippen LogP contribution in [-0.4, -0.2) is 41.9 Å². The van der Waals surface area contributed by atoms with E-state index >= 15 is 0 Å². The Morgan fingerprint density at radius 1 is 1.42 bits per heavy atom. The lowest BCUT2D eigenvalue weighted by molar-refractivity contribution is -0.137. The van der Waals surface area contributed by atoms with E-state index < -0.39 is 0 Å². The summed E-state index contributed by atoms with van der Waals surface area (Å²) in [6, 6.07) is 5.28. The van der Waals surface area contributed by atoms with Crippen LogP contribution in [0.3, 0.4) is 0 Å². The van der Waals surface area contributed by atoms with Gasteiger partial charge in [-0.2, -0.15) is 0 Å². The molecule has 0 saturated carbocycles. The molecule has 1 aliphatic heterocycles. The SMILES string of the molecule is O=C(Cc1ccc(Cl)c(Cl)c1)N1CCOC(CBr)C1. The van der Waals surface area contributed by atoms with Gasteiger partial charge < -0.3 is 9.64 Å². The van der Waals surface area contributed by atoms with Crippen molar-refractivity contribution in [3.05, 3.63) is 33.8 Å². The molecule has 1 fully saturated rings. The number of carbonyl (C=O) groups excluding carboxylic acids is 1. The Morgan fingerprint density at radius 3 is 2.89 bits per heavy atom. The van der Waals surface area contributed by atoms with Crippen LogP contribution >= 0.6 is 39.1 Å². The van der Waals surface area contributed by atoms with Crippen molar-refractivity contribution in [2.24, 2.45) is 0 Å². The first-order chi connectivity index (χ1) is 9.10. The van der Waals surface area contributed by atoms with Crippen LogP contribution < -0.4 is 0 Å². The lowest BCUT2D eigenvalue weighted by atomic mass is 10.1. The zero-order valence-corrected chi connectivity index (χ0v) is 13.3. The largest absolute Gasteiger partial charge is 0.374 e. The second kappa shape index (κ2) is 6.93. The van der Waals surface area contributed by atoms with Gasteiger partial charge in [0.05, 0.1) is 29.2 Å². The van der Waals surface area contributed by atoms with E-state index in [1.165, 1.54) is 0 Å². The molecule has 2 rings (SSSR count). The lowest BCUT2D eigenvalue weighted by Gasteiger charge is -2.32. The summed E-state index contributed by atoms with van der Waals surface area (Å²) in [4.78, 5) is 14.0. The molecule has 6 heteroatoms. The van der Waals surface area contributed by atoms with Gasteiger partial charge in [-0.3, -0.25) is 4.79 Å². The Hall–Kier alpha value is -0.290. The number of hydrogen-bond acceptors (Lipinski definition) is 2. The Morgan fingerprint density at radius 2 is 2.21 bits per heavy atom. The van der Waals surface area contributed by atoms with Crippen molar-refractivity contribution in [3.8, 4) is 0 Å². The summed E-state index contributed by atoms with van der Waals surface area (Å²) < 4.78 is 5.51. The number of amides is 1. The Kier molecular flexibility index (Phi) is 5.51. The third-order valence-electron chi connectivity index (χ3n) is 3.00. The number of nitrogens with zero attached hydrogens (tertiary/aromatic N) is 1. The number of halogens is 3. The maximum absolute atomic E-state index is 12.2. The van der Waals surface area contributed by atoms with E-state index in [1.54, 1.807) is 12.1 Å². The standard InChI is InChI=1S/C13H14BrCl2NO2/c14-7-10-8-17(3-4-19-10)13(18)6-9-1-2-11(15)12(16)5-9/h1-2,5,10H,3-4,6-8H2. The number of alkyl halides is 1. The normalized spacial score (nSPS) is 19.5. The Balaban J connectivity index is 1.98. The molecule has 0 aliphatic carbocycles. The third kappa shape index (κ3) is 4.09. The number of hydrogen-bond donors (Lipinski definition) is 0. The molecule has 1 saturated heterocycles. The van der Waals surface area contributed by atoms with Gasteiger partial charge in [0.2, 0.25) is 5.91 Å². The van der Waals surface area contributed by atoms with Crippen molar-refractivity contribution in [2.45, 2.75) is 12.5 Å². The summed E-state index contributed by atoms with van der Waals surface area (Å²) in [5.41, 5.74) is 0.876. The van der Waals surface area contributed by atoms with Gasteiger partial charge >= 0.3 is 0 Å². The predicted octanol–water partition coefficient (Wildman–Crippen LogP) is 3.16. The van der Waals surface area contributed by atoms with Crippen molar-refractivity contribution < 1.29 is 9.53 Å². The van der Waals surface area contributed by atoms with Gasteiger partial charge in [0.15, 0.2) is 0 Å². The summed E-state index contributed by atoms with van der Waals surface area (Å²) >= 11 is 15.2. The average Bonchev–Trinajstić information content (AvgIpc) is 2.43. The molecule has 0 bridgehead atoms. The van der Waals surface area contributed by atoms with Crippen LogP contribution in [0.5, 0.6) is 0 Å². The van der Waals surface area contributed by atoms with Crippen LogP contribution in [-0.2, 0) is 16.0 Å². The molecule has 19 heavy (non-hydrogen) atoms. The zero-order valence-electron chi connectivity index (χ0n) is 10.2. The molecule has 1 aliphatic rings. The van der Waals surface area contributed by atoms with E-state index in [4.69, 9.17) is 27.9 Å². The molecule has 0 spiro atoms. The van der Waals surface area contributed by atoms with E-state index in [1.807, 2.05) is 11.0 Å². The first kappa shape index (κ1) is 15.1. The van der Waals surface area contributed by atoms with Gasteiger partial charge in [-0.1, -0.05) is 45.2 Å². The van der Waals surface area contributed by atoms with Crippen LogP contribution in [0.2, 0.25) is 10.0 Å². The second-order valence-electron chi connectivity index (χ2n) is 4.41. The van der Waals surface area contributed by atoms with Crippen LogP contribution in [0.15, 0.2) is 18.2 Å². The van der Waals surface area contributed by atoms with Crippen molar-refractivity contribution in [1.82, 2.24) is 4.90 Å². The minimum Gasteiger partial charge on any atom is -0.374 e. The predicted molar refractivity (Wildman–Crippen MR) is 80.3 cm³/mol. The molecule has 0 N–H and O–H groups in total. The highest BCUT2D eigenvalue weighted by Crippen LogP contribution is 2.23. The molecule has 1 aromatic rings. The minimum atomic E-state index is 0.0755. The fourth-order valence-electron chi connectivity index (χ4n) is 1.98. The summed E-state index contributed by atoms with van der Waals surface area (Å²) in [6.07, 6.45) is 0.415. The molecule has 1 atom stereocenters. The summed E-state index contributed by atoms with van der Waals surface area (Å²) in [5.74, 6) is 0.0904. The van der Waals surface area contributed by atoms with Gasteiger partial charge in [-0.25, -0.2) is 0 Å². The molecular formula is C13H14BrCl2NO2. The summed E-state index contributed by atoms with van der Waals surface area (Å²) in [5, 5.41) is 1.72.